The van der Waals surface area contributed by atoms with E-state index in [2.05, 4.69) is 16.4 Å². The van der Waals surface area contributed by atoms with Gasteiger partial charge < -0.3 is 16.0 Å². The quantitative estimate of drug-likeness (QED) is 0.630. The SMILES string of the molecule is CC(C)(C)NC(N)=NCC(=O)N1CCc2ccccc21. The fourth-order valence-corrected chi connectivity index (χ4v) is 2.26. The van der Waals surface area contributed by atoms with E-state index in [1.807, 2.05) is 39.0 Å². The number of nitrogens with one attached hydrogen (secondary N) is 1. The number of carbonyl (C=O) groups is 1. The van der Waals surface area contributed by atoms with Crippen LogP contribution in [0.15, 0.2) is 29.3 Å². The van der Waals surface area contributed by atoms with Gasteiger partial charge in [-0.15, -0.1) is 0 Å². The Bertz CT molecular complexity index is 531. The highest BCUT2D eigenvalue weighted by Crippen LogP contribution is 2.27. The van der Waals surface area contributed by atoms with Crippen molar-refractivity contribution in [3.8, 4) is 0 Å². The Morgan fingerprint density at radius 2 is 2.10 bits per heavy atom. The number of amides is 1. The van der Waals surface area contributed by atoms with Crippen molar-refractivity contribution < 1.29 is 4.79 Å². The first kappa shape index (κ1) is 14.4. The van der Waals surface area contributed by atoms with Crippen LogP contribution >= 0.6 is 0 Å². The second kappa shape index (κ2) is 5.53. The molecular weight excluding hydrogens is 252 g/mol. The molecule has 1 aromatic carbocycles. The van der Waals surface area contributed by atoms with Crippen LogP contribution in [0.4, 0.5) is 5.69 Å². The second-order valence-electron chi connectivity index (χ2n) is 6.00. The summed E-state index contributed by atoms with van der Waals surface area (Å²) in [6.45, 7) is 6.78. The zero-order valence-corrected chi connectivity index (χ0v) is 12.3. The molecule has 1 aliphatic rings. The fraction of sp³-hybridized carbons (Fsp3) is 0.467. The van der Waals surface area contributed by atoms with E-state index in [4.69, 9.17) is 5.73 Å². The summed E-state index contributed by atoms with van der Waals surface area (Å²) in [7, 11) is 0. The molecule has 0 bridgehead atoms. The van der Waals surface area contributed by atoms with Gasteiger partial charge >= 0.3 is 0 Å². The summed E-state index contributed by atoms with van der Waals surface area (Å²) in [4.78, 5) is 18.1. The lowest BCUT2D eigenvalue weighted by atomic mass is 10.1. The Morgan fingerprint density at radius 3 is 2.80 bits per heavy atom. The normalized spacial score (nSPS) is 15.2. The first-order valence-corrected chi connectivity index (χ1v) is 6.83. The fourth-order valence-electron chi connectivity index (χ4n) is 2.26. The molecule has 20 heavy (non-hydrogen) atoms. The summed E-state index contributed by atoms with van der Waals surface area (Å²) in [6.07, 6.45) is 0.904. The monoisotopic (exact) mass is 274 g/mol. The maximum atomic E-state index is 12.2. The third kappa shape index (κ3) is 3.50. The third-order valence-corrected chi connectivity index (χ3v) is 3.08. The van der Waals surface area contributed by atoms with Gasteiger partial charge in [0, 0.05) is 17.8 Å². The van der Waals surface area contributed by atoms with Crippen molar-refractivity contribution in [3.63, 3.8) is 0 Å². The van der Waals surface area contributed by atoms with E-state index in [1.54, 1.807) is 4.90 Å². The van der Waals surface area contributed by atoms with Crippen LogP contribution in [0.3, 0.4) is 0 Å². The van der Waals surface area contributed by atoms with Gasteiger partial charge in [0.05, 0.1) is 0 Å². The Morgan fingerprint density at radius 1 is 1.40 bits per heavy atom. The Balaban J connectivity index is 1.99. The molecule has 5 heteroatoms. The standard InChI is InChI=1S/C15H22N4O/c1-15(2,3)18-14(16)17-10-13(20)19-9-8-11-6-4-5-7-12(11)19/h4-7H,8-10H2,1-3H3,(H3,16,17,18). The van der Waals surface area contributed by atoms with Gasteiger partial charge in [-0.2, -0.15) is 0 Å². The van der Waals surface area contributed by atoms with Crippen molar-refractivity contribution in [2.24, 2.45) is 10.7 Å². The molecule has 2 rings (SSSR count). The summed E-state index contributed by atoms with van der Waals surface area (Å²) in [5.41, 5.74) is 7.82. The minimum absolute atomic E-state index is 0.0198. The first-order chi connectivity index (χ1) is 9.37. The van der Waals surface area contributed by atoms with Crippen LogP contribution in [0.2, 0.25) is 0 Å². The average molecular weight is 274 g/mol. The largest absolute Gasteiger partial charge is 0.370 e. The number of hydrogen-bond acceptors (Lipinski definition) is 2. The average Bonchev–Trinajstić information content (AvgIpc) is 2.78. The zero-order valence-electron chi connectivity index (χ0n) is 12.3. The Kier molecular flexibility index (Phi) is 3.97. The molecular formula is C15H22N4O. The van der Waals surface area contributed by atoms with Gasteiger partial charge in [0.1, 0.15) is 6.54 Å². The van der Waals surface area contributed by atoms with Gasteiger partial charge in [-0.25, -0.2) is 4.99 Å². The smallest absolute Gasteiger partial charge is 0.248 e. The molecule has 1 amide bonds. The molecule has 0 unspecified atom stereocenters. The van der Waals surface area contributed by atoms with Crippen LogP contribution in [0, 0.1) is 0 Å². The lowest BCUT2D eigenvalue weighted by Crippen LogP contribution is -2.45. The minimum Gasteiger partial charge on any atom is -0.370 e. The minimum atomic E-state index is -0.156. The molecule has 1 aromatic rings. The van der Waals surface area contributed by atoms with Gasteiger partial charge in [-0.05, 0) is 38.8 Å². The number of fused-ring (bicyclic) bond motifs is 1. The van der Waals surface area contributed by atoms with Crippen LogP contribution in [0.5, 0.6) is 0 Å². The van der Waals surface area contributed by atoms with E-state index in [-0.39, 0.29) is 18.0 Å². The number of hydrogen-bond donors (Lipinski definition) is 2. The van der Waals surface area contributed by atoms with Gasteiger partial charge in [0.15, 0.2) is 5.96 Å². The highest BCUT2D eigenvalue weighted by Gasteiger charge is 2.23. The Labute approximate surface area is 119 Å². The van der Waals surface area contributed by atoms with Crippen LogP contribution < -0.4 is 16.0 Å². The summed E-state index contributed by atoms with van der Waals surface area (Å²) in [5.74, 6) is 0.284. The van der Waals surface area contributed by atoms with Gasteiger partial charge in [0.25, 0.3) is 0 Å². The number of rotatable bonds is 2. The topological polar surface area (TPSA) is 70.7 Å². The Hall–Kier alpha value is -2.04. The van der Waals surface area contributed by atoms with E-state index < -0.39 is 0 Å². The van der Waals surface area contributed by atoms with E-state index in [1.165, 1.54) is 5.56 Å². The number of nitrogens with zero attached hydrogens (tertiary/aromatic N) is 2. The molecule has 108 valence electrons. The van der Waals surface area contributed by atoms with Crippen molar-refractivity contribution in [3.05, 3.63) is 29.8 Å². The molecule has 0 aromatic heterocycles. The number of benzene rings is 1. The van der Waals surface area contributed by atoms with Crippen molar-refractivity contribution in [2.75, 3.05) is 18.0 Å². The van der Waals surface area contributed by atoms with Gasteiger partial charge in [0.2, 0.25) is 5.91 Å². The highest BCUT2D eigenvalue weighted by atomic mass is 16.2. The predicted molar refractivity (Wildman–Crippen MR) is 81.9 cm³/mol. The van der Waals surface area contributed by atoms with E-state index in [9.17, 15) is 4.79 Å². The molecule has 0 saturated carbocycles. The molecule has 0 fully saturated rings. The summed E-state index contributed by atoms with van der Waals surface area (Å²) in [5, 5.41) is 3.04. The zero-order chi connectivity index (χ0) is 14.8. The molecule has 1 heterocycles. The second-order valence-corrected chi connectivity index (χ2v) is 6.00. The van der Waals surface area contributed by atoms with Crippen molar-refractivity contribution >= 4 is 17.6 Å². The number of nitrogens with two attached hydrogens (primary N) is 1. The number of carbonyl (C=O) groups excluding carboxylic acids is 1. The summed E-state index contributed by atoms with van der Waals surface area (Å²) in [6, 6.07) is 7.97. The van der Waals surface area contributed by atoms with Crippen LogP contribution in [-0.4, -0.2) is 30.5 Å². The molecule has 3 N–H and O–H groups in total. The van der Waals surface area contributed by atoms with E-state index >= 15 is 0 Å². The van der Waals surface area contributed by atoms with Crippen molar-refractivity contribution in [1.29, 1.82) is 0 Å². The predicted octanol–water partition coefficient (Wildman–Crippen LogP) is 1.28. The first-order valence-electron chi connectivity index (χ1n) is 6.83. The van der Waals surface area contributed by atoms with Crippen molar-refractivity contribution in [2.45, 2.75) is 32.7 Å². The van der Waals surface area contributed by atoms with Crippen LogP contribution in [-0.2, 0) is 11.2 Å². The van der Waals surface area contributed by atoms with Crippen molar-refractivity contribution in [1.82, 2.24) is 5.32 Å². The number of para-hydroxylation sites is 1. The number of guanidine groups is 1. The summed E-state index contributed by atoms with van der Waals surface area (Å²) < 4.78 is 0. The number of anilines is 1. The lowest BCUT2D eigenvalue weighted by Gasteiger charge is -2.21. The molecule has 1 aliphatic heterocycles. The van der Waals surface area contributed by atoms with E-state index in [0.29, 0.717) is 5.96 Å². The maximum absolute atomic E-state index is 12.2. The van der Waals surface area contributed by atoms with Gasteiger partial charge in [-0.1, -0.05) is 18.2 Å². The molecule has 0 spiro atoms. The van der Waals surface area contributed by atoms with Crippen LogP contribution in [0.1, 0.15) is 26.3 Å². The lowest BCUT2D eigenvalue weighted by molar-refractivity contribution is -0.117. The molecule has 0 aliphatic carbocycles. The third-order valence-electron chi connectivity index (χ3n) is 3.08. The molecule has 0 saturated heterocycles. The summed E-state index contributed by atoms with van der Waals surface area (Å²) >= 11 is 0. The molecule has 0 atom stereocenters. The number of aliphatic imine (C=N–C) groups is 1. The highest BCUT2D eigenvalue weighted by molar-refractivity contribution is 5.97. The van der Waals surface area contributed by atoms with E-state index in [0.717, 1.165) is 18.7 Å². The molecule has 0 radical (unpaired) electrons. The van der Waals surface area contributed by atoms with Gasteiger partial charge in [-0.3, -0.25) is 4.79 Å². The molecule has 5 nitrogen and oxygen atoms in total. The maximum Gasteiger partial charge on any atom is 0.248 e. The van der Waals surface area contributed by atoms with Crippen LogP contribution in [0.25, 0.3) is 0 Å².